The second-order valence-corrected chi connectivity index (χ2v) is 3.96. The van der Waals surface area contributed by atoms with E-state index < -0.39 is 5.97 Å². The molecule has 0 unspecified atom stereocenters. The summed E-state index contributed by atoms with van der Waals surface area (Å²) in [6.07, 6.45) is 3.52. The zero-order valence-corrected chi connectivity index (χ0v) is 11.2. The Hall–Kier alpha value is -2.30. The van der Waals surface area contributed by atoms with Crippen LogP contribution in [-0.4, -0.2) is 26.2 Å². The predicted octanol–water partition coefficient (Wildman–Crippen LogP) is 1.94. The first-order valence-corrected chi connectivity index (χ1v) is 5.71. The highest BCUT2D eigenvalue weighted by Crippen LogP contribution is 2.21. The smallest absolute Gasteiger partial charge is 0.338 e. The van der Waals surface area contributed by atoms with Crippen molar-refractivity contribution in [1.82, 2.24) is 0 Å². The van der Waals surface area contributed by atoms with E-state index in [0.717, 1.165) is 5.56 Å². The number of nitrogen functional groups attached to an aromatic ring is 1. The van der Waals surface area contributed by atoms with Crippen molar-refractivity contribution in [3.63, 3.8) is 0 Å². The molecule has 0 aliphatic carbocycles. The fourth-order valence-corrected chi connectivity index (χ4v) is 1.55. The first kappa shape index (κ1) is 14.8. The van der Waals surface area contributed by atoms with Crippen LogP contribution in [-0.2, 0) is 14.3 Å². The number of carbonyl (C=O) groups excluding carboxylic acids is 2. The highest BCUT2D eigenvalue weighted by Gasteiger charge is 2.12. The second-order valence-electron chi connectivity index (χ2n) is 3.96. The van der Waals surface area contributed by atoms with E-state index in [1.54, 1.807) is 31.2 Å². The summed E-state index contributed by atoms with van der Waals surface area (Å²) in [5, 5.41) is 0. The molecule has 0 aliphatic rings. The van der Waals surface area contributed by atoms with Crippen molar-refractivity contribution < 1.29 is 19.1 Å². The Labute approximate surface area is 112 Å². The fraction of sp³-hybridized carbons (Fsp3) is 0.286. The summed E-state index contributed by atoms with van der Waals surface area (Å²) in [6.45, 7) is 1.75. The molecule has 5 nitrogen and oxygen atoms in total. The molecule has 2 N–H and O–H groups in total. The maximum atomic E-state index is 11.6. The van der Waals surface area contributed by atoms with Gasteiger partial charge in [-0.1, -0.05) is 12.2 Å². The molecule has 5 heteroatoms. The van der Waals surface area contributed by atoms with Crippen LogP contribution < -0.4 is 5.73 Å². The summed E-state index contributed by atoms with van der Waals surface area (Å²) >= 11 is 0. The molecule has 0 saturated carbocycles. The van der Waals surface area contributed by atoms with E-state index in [0.29, 0.717) is 16.8 Å². The van der Waals surface area contributed by atoms with Crippen molar-refractivity contribution in [2.45, 2.75) is 13.3 Å². The number of hydrogen-bond donors (Lipinski definition) is 1. The minimum atomic E-state index is -0.438. The molecule has 0 spiro atoms. The summed E-state index contributed by atoms with van der Waals surface area (Å²) < 4.78 is 9.22. The molecule has 1 rings (SSSR count). The number of anilines is 1. The Balaban J connectivity index is 3.00. The van der Waals surface area contributed by atoms with E-state index >= 15 is 0 Å². The SMILES string of the molecule is COC(=O)CC=Cc1cc(N)c(C)c(C(=O)OC)c1. The van der Waals surface area contributed by atoms with Gasteiger partial charge in [0.1, 0.15) is 0 Å². The fourth-order valence-electron chi connectivity index (χ4n) is 1.55. The lowest BCUT2D eigenvalue weighted by atomic mass is 10.0. The zero-order valence-electron chi connectivity index (χ0n) is 11.2. The van der Waals surface area contributed by atoms with Crippen LogP contribution in [0.25, 0.3) is 6.08 Å². The second kappa shape index (κ2) is 6.58. The first-order valence-electron chi connectivity index (χ1n) is 5.71. The van der Waals surface area contributed by atoms with Crippen LogP contribution in [0.3, 0.4) is 0 Å². The molecule has 0 aromatic heterocycles. The molecule has 0 atom stereocenters. The van der Waals surface area contributed by atoms with Gasteiger partial charge in [-0.15, -0.1) is 0 Å². The minimum absolute atomic E-state index is 0.165. The molecule has 102 valence electrons. The molecule has 0 bridgehead atoms. The van der Waals surface area contributed by atoms with Gasteiger partial charge in [-0.25, -0.2) is 4.79 Å². The molecule has 0 aliphatic heterocycles. The van der Waals surface area contributed by atoms with Crippen molar-refractivity contribution in [1.29, 1.82) is 0 Å². The van der Waals surface area contributed by atoms with Gasteiger partial charge in [0.15, 0.2) is 0 Å². The zero-order chi connectivity index (χ0) is 14.4. The molecule has 0 amide bonds. The average molecular weight is 263 g/mol. The summed E-state index contributed by atoms with van der Waals surface area (Å²) in [5.41, 5.74) is 8.16. The van der Waals surface area contributed by atoms with E-state index in [-0.39, 0.29) is 12.4 Å². The molecular weight excluding hydrogens is 246 g/mol. The van der Waals surface area contributed by atoms with Gasteiger partial charge in [0.25, 0.3) is 0 Å². The van der Waals surface area contributed by atoms with Gasteiger partial charge < -0.3 is 15.2 Å². The Bertz CT molecular complexity index is 520. The summed E-state index contributed by atoms with van der Waals surface area (Å²) in [6, 6.07) is 3.40. The van der Waals surface area contributed by atoms with Crippen LogP contribution in [0.4, 0.5) is 5.69 Å². The predicted molar refractivity (Wildman–Crippen MR) is 72.6 cm³/mol. The highest BCUT2D eigenvalue weighted by molar-refractivity contribution is 5.93. The number of ether oxygens (including phenoxy) is 2. The van der Waals surface area contributed by atoms with Crippen LogP contribution in [0.15, 0.2) is 18.2 Å². The third-order valence-corrected chi connectivity index (χ3v) is 2.70. The van der Waals surface area contributed by atoms with Gasteiger partial charge in [0, 0.05) is 5.69 Å². The van der Waals surface area contributed by atoms with Crippen LogP contribution in [0.5, 0.6) is 0 Å². The molecular formula is C14H17NO4. The van der Waals surface area contributed by atoms with Gasteiger partial charge in [0.2, 0.25) is 0 Å². The Morgan fingerprint density at radius 2 is 1.95 bits per heavy atom. The van der Waals surface area contributed by atoms with Gasteiger partial charge in [-0.3, -0.25) is 4.79 Å². The summed E-state index contributed by atoms with van der Waals surface area (Å²) in [7, 11) is 2.65. The third-order valence-electron chi connectivity index (χ3n) is 2.70. The summed E-state index contributed by atoms with van der Waals surface area (Å²) in [5.74, 6) is -0.767. The molecule has 0 fully saturated rings. The van der Waals surface area contributed by atoms with Crippen LogP contribution in [0.1, 0.15) is 27.9 Å². The van der Waals surface area contributed by atoms with Crippen LogP contribution in [0, 0.1) is 6.92 Å². The van der Waals surface area contributed by atoms with E-state index in [1.165, 1.54) is 14.2 Å². The third kappa shape index (κ3) is 3.84. The maximum Gasteiger partial charge on any atom is 0.338 e. The molecule has 0 heterocycles. The van der Waals surface area contributed by atoms with Crippen molar-refractivity contribution in [3.05, 3.63) is 34.9 Å². The normalized spacial score (nSPS) is 10.5. The lowest BCUT2D eigenvalue weighted by molar-refractivity contribution is -0.139. The van der Waals surface area contributed by atoms with Crippen molar-refractivity contribution in [2.75, 3.05) is 20.0 Å². The highest BCUT2D eigenvalue weighted by atomic mass is 16.5. The monoisotopic (exact) mass is 263 g/mol. The number of carbonyl (C=O) groups is 2. The molecule has 19 heavy (non-hydrogen) atoms. The quantitative estimate of drug-likeness (QED) is 0.663. The van der Waals surface area contributed by atoms with Crippen molar-refractivity contribution >= 4 is 23.7 Å². The number of hydrogen-bond acceptors (Lipinski definition) is 5. The number of rotatable bonds is 4. The van der Waals surface area contributed by atoms with E-state index in [9.17, 15) is 9.59 Å². The van der Waals surface area contributed by atoms with Crippen LogP contribution >= 0.6 is 0 Å². The van der Waals surface area contributed by atoms with Crippen molar-refractivity contribution in [2.24, 2.45) is 0 Å². The largest absolute Gasteiger partial charge is 0.469 e. The van der Waals surface area contributed by atoms with Crippen molar-refractivity contribution in [3.8, 4) is 0 Å². The van der Waals surface area contributed by atoms with Gasteiger partial charge >= 0.3 is 11.9 Å². The number of methoxy groups -OCH3 is 2. The van der Waals surface area contributed by atoms with Gasteiger partial charge in [0.05, 0.1) is 26.2 Å². The Morgan fingerprint density at radius 3 is 2.53 bits per heavy atom. The number of nitrogens with two attached hydrogens (primary N) is 1. The van der Waals surface area contributed by atoms with Crippen LogP contribution in [0.2, 0.25) is 0 Å². The topological polar surface area (TPSA) is 78.6 Å². The standard InChI is InChI=1S/C14H17NO4/c1-9-11(14(17)19-3)7-10(8-12(9)15)5-4-6-13(16)18-2/h4-5,7-8H,6,15H2,1-3H3. The van der Waals surface area contributed by atoms with Gasteiger partial charge in [-0.2, -0.15) is 0 Å². The lowest BCUT2D eigenvalue weighted by Gasteiger charge is -2.08. The van der Waals surface area contributed by atoms with E-state index in [2.05, 4.69) is 4.74 Å². The first-order chi connectivity index (χ1) is 8.99. The van der Waals surface area contributed by atoms with E-state index in [1.807, 2.05) is 0 Å². The summed E-state index contributed by atoms with van der Waals surface area (Å²) in [4.78, 5) is 22.6. The van der Waals surface area contributed by atoms with Gasteiger partial charge in [-0.05, 0) is 30.2 Å². The Morgan fingerprint density at radius 1 is 1.26 bits per heavy atom. The maximum absolute atomic E-state index is 11.6. The number of esters is 2. The molecule has 0 saturated heterocycles. The minimum Gasteiger partial charge on any atom is -0.469 e. The number of benzene rings is 1. The van der Waals surface area contributed by atoms with E-state index in [4.69, 9.17) is 10.5 Å². The Kier molecular flexibility index (Phi) is 5.11. The molecule has 1 aromatic rings. The molecule has 0 radical (unpaired) electrons. The molecule has 1 aromatic carbocycles. The average Bonchev–Trinajstić information content (AvgIpc) is 2.41. The lowest BCUT2D eigenvalue weighted by Crippen LogP contribution is -2.06.